The molecule has 3 rings (SSSR count). The molecule has 0 radical (unpaired) electrons. The van der Waals surface area contributed by atoms with E-state index in [9.17, 15) is 4.79 Å². The molecule has 0 aliphatic carbocycles. The van der Waals surface area contributed by atoms with E-state index in [2.05, 4.69) is 9.97 Å². The third-order valence-electron chi connectivity index (χ3n) is 2.67. The number of carbonyl (C=O) groups is 1. The molecule has 0 N–H and O–H groups in total. The summed E-state index contributed by atoms with van der Waals surface area (Å²) < 4.78 is 1.94. The molecule has 18 heavy (non-hydrogen) atoms. The normalized spacial score (nSPS) is 11.2. The molecule has 0 aliphatic rings. The van der Waals surface area contributed by atoms with Crippen molar-refractivity contribution in [3.63, 3.8) is 0 Å². The van der Waals surface area contributed by atoms with Gasteiger partial charge in [0.1, 0.15) is 5.03 Å². The molecule has 0 spiro atoms. The number of hydrogen-bond donors (Lipinski definition) is 0. The maximum atomic E-state index is 11.3. The number of aromatic nitrogens is 3. The van der Waals surface area contributed by atoms with Crippen molar-refractivity contribution in [3.05, 3.63) is 36.0 Å². The summed E-state index contributed by atoms with van der Waals surface area (Å²) in [4.78, 5) is 20.2. The first kappa shape index (κ1) is 11.2. The smallest absolute Gasteiger partial charge is 0.236 e. The molecule has 90 valence electrons. The third kappa shape index (κ3) is 1.67. The minimum absolute atomic E-state index is 0.0505. The number of thioether (sulfide) groups is 1. The Morgan fingerprint density at radius 2 is 2.00 bits per heavy atom. The van der Waals surface area contributed by atoms with Crippen LogP contribution in [0.3, 0.4) is 0 Å². The van der Waals surface area contributed by atoms with Crippen molar-refractivity contribution >= 4 is 33.7 Å². The first-order chi connectivity index (χ1) is 8.66. The van der Waals surface area contributed by atoms with Crippen LogP contribution >= 0.6 is 11.8 Å². The summed E-state index contributed by atoms with van der Waals surface area (Å²) in [5.41, 5.74) is 2.69. The summed E-state index contributed by atoms with van der Waals surface area (Å²) >= 11 is 1.20. The molecule has 0 amide bonds. The SMILES string of the molecule is CC(=O)Sc1c(C)nc2nc3cccccc3n12. The Hall–Kier alpha value is -1.88. The standard InChI is InChI=1S/C13H11N3OS/c1-8-12(18-9(2)17)16-11-7-5-3-4-6-10(11)15-13(16)14-8/h3-7H,1-2H3. The second kappa shape index (κ2) is 4.10. The number of imidazole rings is 2. The van der Waals surface area contributed by atoms with Gasteiger partial charge in [0, 0.05) is 6.92 Å². The Kier molecular flexibility index (Phi) is 2.56. The van der Waals surface area contributed by atoms with Gasteiger partial charge in [-0.25, -0.2) is 9.97 Å². The third-order valence-corrected chi connectivity index (χ3v) is 3.63. The van der Waals surface area contributed by atoms with E-state index in [1.54, 1.807) is 6.92 Å². The molecule has 2 aromatic heterocycles. The largest absolute Gasteiger partial charge is 0.287 e. The summed E-state index contributed by atoms with van der Waals surface area (Å²) in [7, 11) is 0. The number of nitrogens with zero attached hydrogens (tertiary/aromatic N) is 3. The zero-order valence-electron chi connectivity index (χ0n) is 10.0. The van der Waals surface area contributed by atoms with E-state index in [4.69, 9.17) is 0 Å². The zero-order valence-corrected chi connectivity index (χ0v) is 10.9. The molecule has 1 aromatic carbocycles. The Morgan fingerprint density at radius 1 is 1.22 bits per heavy atom. The lowest BCUT2D eigenvalue weighted by molar-refractivity contribution is -0.109. The molecule has 0 saturated carbocycles. The molecule has 0 saturated heterocycles. The van der Waals surface area contributed by atoms with Gasteiger partial charge in [-0.2, -0.15) is 0 Å². The van der Waals surface area contributed by atoms with Crippen LogP contribution in [0.15, 0.2) is 35.4 Å². The van der Waals surface area contributed by atoms with Gasteiger partial charge >= 0.3 is 0 Å². The van der Waals surface area contributed by atoms with Crippen molar-refractivity contribution in [2.24, 2.45) is 0 Å². The highest BCUT2D eigenvalue weighted by atomic mass is 32.2. The predicted octanol–water partition coefficient (Wildman–Crippen LogP) is 2.83. The van der Waals surface area contributed by atoms with Crippen LogP contribution in [0, 0.1) is 6.92 Å². The molecule has 0 aliphatic heterocycles. The highest BCUT2D eigenvalue weighted by Crippen LogP contribution is 2.27. The number of fused-ring (bicyclic) bond motifs is 3. The zero-order chi connectivity index (χ0) is 12.7. The maximum Gasteiger partial charge on any atom is 0.236 e. The molecular formula is C13H11N3OS. The fourth-order valence-corrected chi connectivity index (χ4v) is 2.70. The molecule has 2 heterocycles. The second-order valence-corrected chi connectivity index (χ2v) is 5.19. The van der Waals surface area contributed by atoms with Crippen LogP contribution in [0.2, 0.25) is 0 Å². The van der Waals surface area contributed by atoms with Gasteiger partial charge in [-0.15, -0.1) is 0 Å². The highest BCUT2D eigenvalue weighted by molar-refractivity contribution is 8.13. The van der Waals surface area contributed by atoms with E-state index >= 15 is 0 Å². The molecule has 0 atom stereocenters. The van der Waals surface area contributed by atoms with E-state index in [0.29, 0.717) is 5.78 Å². The minimum atomic E-state index is 0.0505. The predicted molar refractivity (Wildman–Crippen MR) is 71.8 cm³/mol. The topological polar surface area (TPSA) is 47.3 Å². The van der Waals surface area contributed by atoms with Crippen LogP contribution in [-0.2, 0) is 4.79 Å². The van der Waals surface area contributed by atoms with Gasteiger partial charge in [0.25, 0.3) is 0 Å². The van der Waals surface area contributed by atoms with Gasteiger partial charge in [0.2, 0.25) is 5.78 Å². The van der Waals surface area contributed by atoms with Crippen molar-refractivity contribution in [3.8, 4) is 0 Å². The van der Waals surface area contributed by atoms with E-state index in [1.807, 2.05) is 41.7 Å². The molecular weight excluding hydrogens is 246 g/mol. The van der Waals surface area contributed by atoms with E-state index in [0.717, 1.165) is 21.8 Å². The summed E-state index contributed by atoms with van der Waals surface area (Å²) in [6, 6.07) is 9.79. The van der Waals surface area contributed by atoms with Crippen LogP contribution in [0.25, 0.3) is 16.8 Å². The Labute approximate surface area is 108 Å². The fraction of sp³-hybridized carbons (Fsp3) is 0.154. The molecule has 3 aromatic rings. The van der Waals surface area contributed by atoms with E-state index < -0.39 is 0 Å². The summed E-state index contributed by atoms with van der Waals surface area (Å²) in [5.74, 6) is 0.650. The maximum absolute atomic E-state index is 11.3. The molecule has 0 bridgehead atoms. The van der Waals surface area contributed by atoms with Crippen LogP contribution < -0.4 is 0 Å². The number of carbonyl (C=O) groups excluding carboxylic acids is 1. The Bertz CT molecular complexity index is 763. The first-order valence-electron chi connectivity index (χ1n) is 5.59. The van der Waals surface area contributed by atoms with Crippen LogP contribution in [0.5, 0.6) is 0 Å². The van der Waals surface area contributed by atoms with Crippen LogP contribution in [-0.4, -0.2) is 19.5 Å². The van der Waals surface area contributed by atoms with Gasteiger partial charge in [-0.3, -0.25) is 9.20 Å². The van der Waals surface area contributed by atoms with E-state index in [1.165, 1.54) is 11.8 Å². The van der Waals surface area contributed by atoms with E-state index in [-0.39, 0.29) is 5.12 Å². The monoisotopic (exact) mass is 257 g/mol. The summed E-state index contributed by atoms with van der Waals surface area (Å²) in [6.45, 7) is 3.46. The molecule has 0 unspecified atom stereocenters. The molecule has 4 nitrogen and oxygen atoms in total. The first-order valence-corrected chi connectivity index (χ1v) is 6.40. The lowest BCUT2D eigenvalue weighted by Gasteiger charge is -1.97. The van der Waals surface area contributed by atoms with Crippen molar-refractivity contribution in [1.29, 1.82) is 0 Å². The molecule has 5 heteroatoms. The lowest BCUT2D eigenvalue weighted by atomic mass is 10.4. The number of rotatable bonds is 1. The van der Waals surface area contributed by atoms with Crippen LogP contribution in [0.1, 0.15) is 12.6 Å². The second-order valence-electron chi connectivity index (χ2n) is 4.02. The Balaban J connectivity index is 2.41. The average Bonchev–Trinajstić information content (AvgIpc) is 2.66. The lowest BCUT2D eigenvalue weighted by Crippen LogP contribution is -1.88. The average molecular weight is 257 g/mol. The highest BCUT2D eigenvalue weighted by Gasteiger charge is 2.15. The van der Waals surface area contributed by atoms with Gasteiger partial charge in [-0.05, 0) is 30.8 Å². The summed E-state index contributed by atoms with van der Waals surface area (Å²) in [5, 5.41) is 0.903. The minimum Gasteiger partial charge on any atom is -0.287 e. The van der Waals surface area contributed by atoms with Crippen molar-refractivity contribution < 1.29 is 4.79 Å². The van der Waals surface area contributed by atoms with Crippen molar-refractivity contribution in [2.75, 3.05) is 0 Å². The number of aryl methyl sites for hydroxylation is 1. The molecule has 0 fully saturated rings. The number of hydrogen-bond acceptors (Lipinski definition) is 4. The Morgan fingerprint density at radius 3 is 2.78 bits per heavy atom. The van der Waals surface area contributed by atoms with Gasteiger partial charge in [0.15, 0.2) is 5.12 Å². The van der Waals surface area contributed by atoms with Gasteiger partial charge < -0.3 is 0 Å². The quantitative estimate of drug-likeness (QED) is 0.629. The van der Waals surface area contributed by atoms with Gasteiger partial charge in [-0.1, -0.05) is 18.2 Å². The summed E-state index contributed by atoms with van der Waals surface area (Å²) in [6.07, 6.45) is 0. The van der Waals surface area contributed by atoms with Gasteiger partial charge in [0.05, 0.1) is 16.7 Å². The van der Waals surface area contributed by atoms with Crippen LogP contribution in [0.4, 0.5) is 0 Å². The fourth-order valence-electron chi connectivity index (χ4n) is 1.97. The van der Waals surface area contributed by atoms with Crippen molar-refractivity contribution in [2.45, 2.75) is 18.9 Å². The van der Waals surface area contributed by atoms with Crippen molar-refractivity contribution in [1.82, 2.24) is 14.4 Å².